The summed E-state index contributed by atoms with van der Waals surface area (Å²) in [5.74, 6) is 0. The van der Waals surface area contributed by atoms with E-state index in [1.54, 1.807) is 18.5 Å². The molecule has 0 aliphatic heterocycles. The summed E-state index contributed by atoms with van der Waals surface area (Å²) in [6, 6.07) is 1.65. The Morgan fingerprint density at radius 1 is 1.64 bits per heavy atom. The summed E-state index contributed by atoms with van der Waals surface area (Å²) in [6.07, 6.45) is -1.21. The predicted molar refractivity (Wildman–Crippen MR) is 54.6 cm³/mol. The van der Waals surface area contributed by atoms with Crippen LogP contribution in [0.3, 0.4) is 0 Å². The first-order valence-electron chi connectivity index (χ1n) is 4.24. The molecule has 0 aromatic carbocycles. The van der Waals surface area contributed by atoms with E-state index in [0.717, 1.165) is 0 Å². The van der Waals surface area contributed by atoms with Crippen LogP contribution in [0.1, 0.15) is 21.3 Å². The summed E-state index contributed by atoms with van der Waals surface area (Å²) < 4.78 is 0. The quantitative estimate of drug-likeness (QED) is 0.613. The lowest BCUT2D eigenvalue weighted by Gasteiger charge is -2.16. The summed E-state index contributed by atoms with van der Waals surface area (Å²) in [4.78, 5) is 11.0. The van der Waals surface area contributed by atoms with Crippen LogP contribution in [-0.2, 0) is 0 Å². The second kappa shape index (κ2) is 5.21. The number of carbonyl (C=O) groups is 1. The first kappa shape index (κ1) is 11.3. The van der Waals surface area contributed by atoms with Crippen molar-refractivity contribution in [2.24, 2.45) is 0 Å². The van der Waals surface area contributed by atoms with Crippen LogP contribution in [0.2, 0.25) is 0 Å². The lowest BCUT2D eigenvalue weighted by atomic mass is 10.1. The van der Waals surface area contributed by atoms with Gasteiger partial charge in [-0.05, 0) is 18.5 Å². The molecule has 3 N–H and O–H groups in total. The highest BCUT2D eigenvalue weighted by Gasteiger charge is 2.20. The third-order valence-electron chi connectivity index (χ3n) is 1.93. The third kappa shape index (κ3) is 2.39. The van der Waals surface area contributed by atoms with Gasteiger partial charge in [-0.15, -0.1) is 11.3 Å². The van der Waals surface area contributed by atoms with Crippen molar-refractivity contribution in [3.8, 4) is 0 Å². The minimum Gasteiger partial charge on any atom is -0.389 e. The highest BCUT2D eigenvalue weighted by atomic mass is 32.1. The first-order valence-corrected chi connectivity index (χ1v) is 5.12. The van der Waals surface area contributed by atoms with Gasteiger partial charge in [0, 0.05) is 12.1 Å². The number of thiophene rings is 1. The van der Waals surface area contributed by atoms with E-state index in [1.165, 1.54) is 11.3 Å². The normalized spacial score (nSPS) is 15.1. The highest BCUT2D eigenvalue weighted by Crippen LogP contribution is 2.24. The summed E-state index contributed by atoms with van der Waals surface area (Å²) in [7, 11) is 1.68. The Labute approximate surface area is 86.2 Å². The minimum atomic E-state index is -1.01. The second-order valence-electron chi connectivity index (χ2n) is 2.93. The lowest BCUT2D eigenvalue weighted by molar-refractivity contribution is 0.0202. The molecule has 78 valence electrons. The molecule has 1 aromatic heterocycles. The zero-order valence-electron chi connectivity index (χ0n) is 7.80. The van der Waals surface area contributed by atoms with Gasteiger partial charge in [-0.2, -0.15) is 0 Å². The largest absolute Gasteiger partial charge is 0.389 e. The monoisotopic (exact) mass is 215 g/mol. The lowest BCUT2D eigenvalue weighted by Crippen LogP contribution is -2.29. The molecule has 0 amide bonds. The Hall–Kier alpha value is -0.750. The van der Waals surface area contributed by atoms with Gasteiger partial charge < -0.3 is 15.5 Å². The van der Waals surface area contributed by atoms with Crippen LogP contribution >= 0.6 is 11.3 Å². The maximum atomic E-state index is 10.6. The van der Waals surface area contributed by atoms with Gasteiger partial charge in [0.25, 0.3) is 0 Å². The standard InChI is InChI=1S/C9H13NO3S/c1-10-4-7(12)9(13)6-2-3-14-8(6)5-11/h2-3,5,7,9-10,12-13H,4H2,1H3. The van der Waals surface area contributed by atoms with Gasteiger partial charge in [0.1, 0.15) is 6.10 Å². The number of rotatable bonds is 5. The summed E-state index contributed by atoms with van der Waals surface area (Å²) >= 11 is 1.25. The van der Waals surface area contributed by atoms with Crippen LogP contribution in [0.25, 0.3) is 0 Å². The Morgan fingerprint density at radius 3 is 2.93 bits per heavy atom. The van der Waals surface area contributed by atoms with E-state index in [2.05, 4.69) is 5.32 Å². The average molecular weight is 215 g/mol. The second-order valence-corrected chi connectivity index (χ2v) is 3.88. The third-order valence-corrected chi connectivity index (χ3v) is 2.79. The van der Waals surface area contributed by atoms with Gasteiger partial charge in [0.2, 0.25) is 0 Å². The Bertz CT molecular complexity index is 300. The van der Waals surface area contributed by atoms with E-state index in [0.29, 0.717) is 16.7 Å². The zero-order chi connectivity index (χ0) is 10.6. The van der Waals surface area contributed by atoms with Gasteiger partial charge in [0.05, 0.1) is 11.0 Å². The van der Waals surface area contributed by atoms with Crippen molar-refractivity contribution in [2.75, 3.05) is 13.6 Å². The van der Waals surface area contributed by atoms with Crippen LogP contribution in [0.4, 0.5) is 0 Å². The summed E-state index contributed by atoms with van der Waals surface area (Å²) in [5, 5.41) is 23.6. The molecular weight excluding hydrogens is 202 g/mol. The van der Waals surface area contributed by atoms with Crippen molar-refractivity contribution in [1.82, 2.24) is 5.32 Å². The highest BCUT2D eigenvalue weighted by molar-refractivity contribution is 7.11. The Kier molecular flexibility index (Phi) is 4.21. The van der Waals surface area contributed by atoms with Gasteiger partial charge in [0.15, 0.2) is 6.29 Å². The van der Waals surface area contributed by atoms with Crippen LogP contribution in [-0.4, -0.2) is 36.2 Å². The van der Waals surface area contributed by atoms with Crippen molar-refractivity contribution in [1.29, 1.82) is 0 Å². The molecule has 1 heterocycles. The number of aliphatic hydroxyl groups is 2. The van der Waals surface area contributed by atoms with Crippen molar-refractivity contribution in [3.05, 3.63) is 21.9 Å². The smallest absolute Gasteiger partial charge is 0.160 e. The summed E-state index contributed by atoms with van der Waals surface area (Å²) in [6.45, 7) is 0.287. The van der Waals surface area contributed by atoms with Gasteiger partial charge >= 0.3 is 0 Å². The number of aliphatic hydroxyl groups excluding tert-OH is 2. The van der Waals surface area contributed by atoms with E-state index >= 15 is 0 Å². The van der Waals surface area contributed by atoms with E-state index < -0.39 is 12.2 Å². The zero-order valence-corrected chi connectivity index (χ0v) is 8.62. The maximum Gasteiger partial charge on any atom is 0.160 e. The molecule has 14 heavy (non-hydrogen) atoms. The van der Waals surface area contributed by atoms with E-state index in [1.807, 2.05) is 0 Å². The van der Waals surface area contributed by atoms with Crippen LogP contribution in [0.5, 0.6) is 0 Å². The number of hydrogen-bond acceptors (Lipinski definition) is 5. The molecule has 0 aliphatic carbocycles. The van der Waals surface area contributed by atoms with E-state index in [9.17, 15) is 15.0 Å². The summed E-state index contributed by atoms with van der Waals surface area (Å²) in [5.41, 5.74) is 0.493. The van der Waals surface area contributed by atoms with Gasteiger partial charge in [-0.1, -0.05) is 0 Å². The molecule has 5 heteroatoms. The van der Waals surface area contributed by atoms with Crippen molar-refractivity contribution >= 4 is 17.6 Å². The molecule has 0 radical (unpaired) electrons. The predicted octanol–water partition coefficient (Wildman–Crippen LogP) is 0.174. The molecule has 0 aliphatic rings. The molecule has 0 spiro atoms. The molecule has 0 saturated carbocycles. The molecule has 0 saturated heterocycles. The molecular formula is C9H13NO3S. The maximum absolute atomic E-state index is 10.6. The number of nitrogens with one attached hydrogen (secondary N) is 1. The van der Waals surface area contributed by atoms with Crippen LogP contribution in [0, 0.1) is 0 Å². The topological polar surface area (TPSA) is 69.6 Å². The fraction of sp³-hybridized carbons (Fsp3) is 0.444. The number of carbonyl (C=O) groups excluding carboxylic acids is 1. The van der Waals surface area contributed by atoms with Crippen molar-refractivity contribution in [3.63, 3.8) is 0 Å². The van der Waals surface area contributed by atoms with Gasteiger partial charge in [-0.3, -0.25) is 4.79 Å². The molecule has 2 unspecified atom stereocenters. The molecule has 0 fully saturated rings. The van der Waals surface area contributed by atoms with Crippen molar-refractivity contribution < 1.29 is 15.0 Å². The first-order chi connectivity index (χ1) is 6.70. The molecule has 1 aromatic rings. The SMILES string of the molecule is CNCC(O)C(O)c1ccsc1C=O. The van der Waals surface area contributed by atoms with Crippen LogP contribution in [0.15, 0.2) is 11.4 Å². The number of aldehydes is 1. The fourth-order valence-corrected chi connectivity index (χ4v) is 1.94. The average Bonchev–Trinajstić information content (AvgIpc) is 2.64. The molecule has 0 bridgehead atoms. The minimum absolute atomic E-state index is 0.287. The molecule has 1 rings (SSSR count). The number of likely N-dealkylation sites (N-methyl/N-ethyl adjacent to an activating group) is 1. The number of hydrogen-bond donors (Lipinski definition) is 3. The molecule has 4 nitrogen and oxygen atoms in total. The molecule has 2 atom stereocenters. The van der Waals surface area contributed by atoms with E-state index in [-0.39, 0.29) is 6.54 Å². The van der Waals surface area contributed by atoms with Gasteiger partial charge in [-0.25, -0.2) is 0 Å². The van der Waals surface area contributed by atoms with Crippen molar-refractivity contribution in [2.45, 2.75) is 12.2 Å². The Morgan fingerprint density at radius 2 is 2.36 bits per heavy atom. The van der Waals surface area contributed by atoms with E-state index in [4.69, 9.17) is 0 Å². The Balaban J connectivity index is 2.77. The van der Waals surface area contributed by atoms with Crippen LogP contribution < -0.4 is 5.32 Å². The fourth-order valence-electron chi connectivity index (χ4n) is 1.20.